The van der Waals surface area contributed by atoms with Gasteiger partial charge in [0.1, 0.15) is 12.4 Å². The number of ether oxygens (including phenoxy) is 1. The van der Waals surface area contributed by atoms with Gasteiger partial charge in [0.05, 0.1) is 18.4 Å². The van der Waals surface area contributed by atoms with Crippen molar-refractivity contribution in [3.8, 4) is 0 Å². The Morgan fingerprint density at radius 2 is 2.17 bits per heavy atom. The summed E-state index contributed by atoms with van der Waals surface area (Å²) >= 11 is 0. The van der Waals surface area contributed by atoms with Crippen molar-refractivity contribution in [2.45, 2.75) is 38.8 Å². The fraction of sp³-hybridized carbons (Fsp3) is 0.688. The van der Waals surface area contributed by atoms with Crippen molar-refractivity contribution in [1.29, 1.82) is 0 Å². The van der Waals surface area contributed by atoms with E-state index in [1.165, 1.54) is 7.11 Å². The molecule has 0 radical (unpaired) electrons. The first-order valence-corrected chi connectivity index (χ1v) is 8.26. The minimum atomic E-state index is 0.0121. The van der Waals surface area contributed by atoms with Crippen molar-refractivity contribution in [3.63, 3.8) is 0 Å². The van der Waals surface area contributed by atoms with Crippen molar-refractivity contribution in [2.75, 3.05) is 26.8 Å². The molecule has 1 aliphatic carbocycles. The Balaban J connectivity index is 1.58. The van der Waals surface area contributed by atoms with Gasteiger partial charge in [-0.2, -0.15) is 0 Å². The highest BCUT2D eigenvalue weighted by Crippen LogP contribution is 2.26. The van der Waals surface area contributed by atoms with Crippen LogP contribution in [0.2, 0.25) is 0 Å². The number of carbonyl (C=O) groups excluding carboxylic acids is 2. The van der Waals surface area contributed by atoms with Crippen molar-refractivity contribution < 1.29 is 14.3 Å². The number of aromatic nitrogens is 2. The molecular formula is C16H24N4O3. The Bertz CT molecular complexity index is 580. The molecule has 0 aromatic carbocycles. The van der Waals surface area contributed by atoms with Crippen LogP contribution in [-0.4, -0.2) is 53.1 Å². The molecule has 1 saturated carbocycles. The summed E-state index contributed by atoms with van der Waals surface area (Å²) in [7, 11) is 1.53. The summed E-state index contributed by atoms with van der Waals surface area (Å²) in [5.41, 5.74) is 1.01. The van der Waals surface area contributed by atoms with Gasteiger partial charge in [-0.05, 0) is 12.8 Å². The third-order valence-electron chi connectivity index (χ3n) is 4.76. The fourth-order valence-corrected chi connectivity index (χ4v) is 3.09. The van der Waals surface area contributed by atoms with Gasteiger partial charge in [-0.3, -0.25) is 9.59 Å². The van der Waals surface area contributed by atoms with E-state index in [2.05, 4.69) is 14.9 Å². The van der Waals surface area contributed by atoms with Crippen LogP contribution in [0.15, 0.2) is 6.20 Å². The molecule has 2 heterocycles. The Morgan fingerprint density at radius 1 is 1.35 bits per heavy atom. The van der Waals surface area contributed by atoms with Gasteiger partial charge in [0.25, 0.3) is 0 Å². The summed E-state index contributed by atoms with van der Waals surface area (Å²) in [6, 6.07) is 0. The van der Waals surface area contributed by atoms with E-state index in [-0.39, 0.29) is 24.3 Å². The molecule has 7 nitrogen and oxygen atoms in total. The first kappa shape index (κ1) is 16.0. The molecule has 3 rings (SSSR count). The number of hydrogen-bond donors (Lipinski definition) is 1. The standard InChI is InChI=1S/C16H24N4O3/c1-23-11-15(21)19-6-5-14-17-9-13(20(14)8-7-19)10-18-16(22)12-3-2-4-12/h9,12H,2-8,10-11H2,1H3,(H,18,22). The van der Waals surface area contributed by atoms with E-state index < -0.39 is 0 Å². The second-order valence-electron chi connectivity index (χ2n) is 6.23. The predicted molar refractivity (Wildman–Crippen MR) is 83.6 cm³/mol. The van der Waals surface area contributed by atoms with E-state index >= 15 is 0 Å². The molecule has 1 aliphatic heterocycles. The molecule has 1 N–H and O–H groups in total. The molecule has 2 aliphatic rings. The molecule has 0 saturated heterocycles. The molecule has 2 amide bonds. The topological polar surface area (TPSA) is 76.5 Å². The molecule has 23 heavy (non-hydrogen) atoms. The van der Waals surface area contributed by atoms with Gasteiger partial charge in [-0.15, -0.1) is 0 Å². The van der Waals surface area contributed by atoms with E-state index in [4.69, 9.17) is 4.74 Å². The molecule has 1 fully saturated rings. The first-order valence-electron chi connectivity index (χ1n) is 8.26. The zero-order valence-electron chi connectivity index (χ0n) is 13.6. The first-order chi connectivity index (χ1) is 11.2. The van der Waals surface area contributed by atoms with Crippen LogP contribution in [0.1, 0.15) is 30.8 Å². The van der Waals surface area contributed by atoms with Crippen LogP contribution in [0, 0.1) is 5.92 Å². The summed E-state index contributed by atoms with van der Waals surface area (Å²) in [6.45, 7) is 2.64. The van der Waals surface area contributed by atoms with Crippen molar-refractivity contribution >= 4 is 11.8 Å². The van der Waals surface area contributed by atoms with E-state index in [9.17, 15) is 9.59 Å². The molecule has 0 unspecified atom stereocenters. The minimum Gasteiger partial charge on any atom is -0.375 e. The highest BCUT2D eigenvalue weighted by Gasteiger charge is 2.25. The average Bonchev–Trinajstić information content (AvgIpc) is 2.73. The largest absolute Gasteiger partial charge is 0.375 e. The normalized spacial score (nSPS) is 18.0. The number of rotatable bonds is 5. The van der Waals surface area contributed by atoms with Crippen LogP contribution in [0.3, 0.4) is 0 Å². The maximum atomic E-state index is 12.0. The zero-order chi connectivity index (χ0) is 16.2. The quantitative estimate of drug-likeness (QED) is 0.848. The summed E-state index contributed by atoms with van der Waals surface area (Å²) < 4.78 is 7.05. The molecule has 0 bridgehead atoms. The maximum Gasteiger partial charge on any atom is 0.248 e. The van der Waals surface area contributed by atoms with Gasteiger partial charge in [0.15, 0.2) is 0 Å². The van der Waals surface area contributed by atoms with Gasteiger partial charge in [-0.25, -0.2) is 4.98 Å². The number of methoxy groups -OCH3 is 1. The second-order valence-corrected chi connectivity index (χ2v) is 6.23. The van der Waals surface area contributed by atoms with Gasteiger partial charge in [-0.1, -0.05) is 6.42 Å². The van der Waals surface area contributed by atoms with Crippen molar-refractivity contribution in [2.24, 2.45) is 5.92 Å². The third kappa shape index (κ3) is 3.55. The Labute approximate surface area is 136 Å². The predicted octanol–water partition coefficient (Wildman–Crippen LogP) is 0.331. The van der Waals surface area contributed by atoms with Crippen LogP contribution in [0.4, 0.5) is 0 Å². The van der Waals surface area contributed by atoms with Crippen LogP contribution >= 0.6 is 0 Å². The molecule has 1 aromatic heterocycles. The lowest BCUT2D eigenvalue weighted by Crippen LogP contribution is -2.36. The number of fused-ring (bicyclic) bond motifs is 1. The molecule has 126 valence electrons. The van der Waals surface area contributed by atoms with Crippen LogP contribution in [0.5, 0.6) is 0 Å². The van der Waals surface area contributed by atoms with Gasteiger partial charge >= 0.3 is 0 Å². The summed E-state index contributed by atoms with van der Waals surface area (Å²) in [6.07, 6.45) is 5.74. The van der Waals surface area contributed by atoms with E-state index in [1.807, 2.05) is 11.1 Å². The second kappa shape index (κ2) is 7.12. The maximum absolute atomic E-state index is 12.0. The summed E-state index contributed by atoms with van der Waals surface area (Å²) in [5, 5.41) is 3.01. The summed E-state index contributed by atoms with van der Waals surface area (Å²) in [5.74, 6) is 1.34. The number of nitrogens with one attached hydrogen (secondary N) is 1. The zero-order valence-corrected chi connectivity index (χ0v) is 13.6. The number of nitrogens with zero attached hydrogens (tertiary/aromatic N) is 3. The number of imidazole rings is 1. The molecule has 0 spiro atoms. The lowest BCUT2D eigenvalue weighted by Gasteiger charge is -2.24. The third-order valence-corrected chi connectivity index (χ3v) is 4.76. The van der Waals surface area contributed by atoms with E-state index in [0.717, 1.165) is 37.2 Å². The lowest BCUT2D eigenvalue weighted by atomic mass is 9.85. The highest BCUT2D eigenvalue weighted by atomic mass is 16.5. The smallest absolute Gasteiger partial charge is 0.248 e. The number of amides is 2. The van der Waals surface area contributed by atoms with Crippen LogP contribution < -0.4 is 5.32 Å². The Hall–Kier alpha value is -1.89. The van der Waals surface area contributed by atoms with Crippen LogP contribution in [0.25, 0.3) is 0 Å². The molecular weight excluding hydrogens is 296 g/mol. The Morgan fingerprint density at radius 3 is 2.87 bits per heavy atom. The average molecular weight is 320 g/mol. The van der Waals surface area contributed by atoms with Crippen molar-refractivity contribution in [3.05, 3.63) is 17.7 Å². The number of carbonyl (C=O) groups is 2. The SMILES string of the molecule is COCC(=O)N1CCc2ncc(CNC(=O)C3CCC3)n2CC1. The molecule has 7 heteroatoms. The minimum absolute atomic E-state index is 0.0121. The van der Waals surface area contributed by atoms with E-state index in [1.54, 1.807) is 0 Å². The van der Waals surface area contributed by atoms with Crippen molar-refractivity contribution in [1.82, 2.24) is 19.8 Å². The van der Waals surface area contributed by atoms with Crippen LogP contribution in [-0.2, 0) is 33.8 Å². The highest BCUT2D eigenvalue weighted by molar-refractivity contribution is 5.79. The molecule has 0 atom stereocenters. The summed E-state index contributed by atoms with van der Waals surface area (Å²) in [4.78, 5) is 30.2. The van der Waals surface area contributed by atoms with Gasteiger partial charge < -0.3 is 19.5 Å². The Kier molecular flexibility index (Phi) is 4.95. The van der Waals surface area contributed by atoms with Gasteiger partial charge in [0.2, 0.25) is 11.8 Å². The van der Waals surface area contributed by atoms with E-state index in [0.29, 0.717) is 26.2 Å². The number of hydrogen-bond acceptors (Lipinski definition) is 4. The molecule has 1 aromatic rings. The van der Waals surface area contributed by atoms with Gasteiger partial charge in [0, 0.05) is 39.1 Å². The lowest BCUT2D eigenvalue weighted by molar-refractivity contribution is -0.135. The monoisotopic (exact) mass is 320 g/mol. The fourth-order valence-electron chi connectivity index (χ4n) is 3.09.